The van der Waals surface area contributed by atoms with Crippen LogP contribution < -0.4 is 5.32 Å². The second-order valence-electron chi connectivity index (χ2n) is 5.83. The largest absolute Gasteiger partial charge is 0.340 e. The SMILES string of the molecule is CCC(NC(=O)c1nnc2nc(C)cc(C)n12)c1nc(C)c(C)s1. The summed E-state index contributed by atoms with van der Waals surface area (Å²) in [4.78, 5) is 22.7. The summed E-state index contributed by atoms with van der Waals surface area (Å²) in [7, 11) is 0. The van der Waals surface area contributed by atoms with Gasteiger partial charge in [-0.3, -0.25) is 9.20 Å². The Kier molecular flexibility index (Phi) is 4.31. The number of nitrogens with one attached hydrogen (secondary N) is 1. The van der Waals surface area contributed by atoms with Crippen molar-refractivity contribution in [2.24, 2.45) is 0 Å². The number of hydrogen-bond donors (Lipinski definition) is 1. The first kappa shape index (κ1) is 16.5. The monoisotopic (exact) mass is 344 g/mol. The first-order valence-corrected chi connectivity index (χ1v) is 8.66. The highest BCUT2D eigenvalue weighted by Crippen LogP contribution is 2.25. The van der Waals surface area contributed by atoms with Crippen molar-refractivity contribution in [1.82, 2.24) is 29.9 Å². The zero-order valence-corrected chi connectivity index (χ0v) is 15.2. The van der Waals surface area contributed by atoms with Crippen molar-refractivity contribution in [3.8, 4) is 0 Å². The van der Waals surface area contributed by atoms with Crippen molar-refractivity contribution >= 4 is 23.0 Å². The van der Waals surface area contributed by atoms with Crippen molar-refractivity contribution < 1.29 is 4.79 Å². The molecule has 0 aliphatic carbocycles. The van der Waals surface area contributed by atoms with Gasteiger partial charge in [0.25, 0.3) is 11.7 Å². The molecule has 1 atom stereocenters. The van der Waals surface area contributed by atoms with Crippen LogP contribution in [0.3, 0.4) is 0 Å². The lowest BCUT2D eigenvalue weighted by atomic mass is 10.2. The van der Waals surface area contributed by atoms with Crippen LogP contribution in [0.2, 0.25) is 0 Å². The minimum atomic E-state index is -0.270. The molecule has 0 saturated heterocycles. The highest BCUT2D eigenvalue weighted by Gasteiger charge is 2.22. The Morgan fingerprint density at radius 3 is 2.62 bits per heavy atom. The van der Waals surface area contributed by atoms with Crippen LogP contribution in [-0.4, -0.2) is 30.5 Å². The lowest BCUT2D eigenvalue weighted by Gasteiger charge is -2.14. The molecule has 1 unspecified atom stereocenters. The topological polar surface area (TPSA) is 85.1 Å². The molecule has 0 aromatic carbocycles. The van der Waals surface area contributed by atoms with Crippen molar-refractivity contribution in [2.45, 2.75) is 47.1 Å². The summed E-state index contributed by atoms with van der Waals surface area (Å²) in [5.74, 6) is 0.415. The van der Waals surface area contributed by atoms with Gasteiger partial charge in [0.05, 0.1) is 11.7 Å². The van der Waals surface area contributed by atoms with E-state index in [1.807, 2.05) is 40.7 Å². The van der Waals surface area contributed by atoms with Crippen molar-refractivity contribution in [1.29, 1.82) is 0 Å². The van der Waals surface area contributed by atoms with Crippen LogP contribution >= 0.6 is 11.3 Å². The molecule has 8 heteroatoms. The maximum Gasteiger partial charge on any atom is 0.290 e. The van der Waals surface area contributed by atoms with Crippen LogP contribution in [0.5, 0.6) is 0 Å². The molecule has 3 aromatic rings. The van der Waals surface area contributed by atoms with Crippen LogP contribution in [-0.2, 0) is 0 Å². The fourth-order valence-corrected chi connectivity index (χ4v) is 3.64. The number of rotatable bonds is 4. The molecule has 0 bridgehead atoms. The van der Waals surface area contributed by atoms with Gasteiger partial charge in [0.2, 0.25) is 5.82 Å². The van der Waals surface area contributed by atoms with E-state index in [0.29, 0.717) is 5.78 Å². The van der Waals surface area contributed by atoms with E-state index in [0.717, 1.165) is 28.5 Å². The Morgan fingerprint density at radius 2 is 2.00 bits per heavy atom. The van der Waals surface area contributed by atoms with Gasteiger partial charge in [-0.25, -0.2) is 9.97 Å². The van der Waals surface area contributed by atoms with Gasteiger partial charge >= 0.3 is 0 Å². The first-order valence-electron chi connectivity index (χ1n) is 7.84. The van der Waals surface area contributed by atoms with Gasteiger partial charge in [0.15, 0.2) is 0 Å². The van der Waals surface area contributed by atoms with E-state index < -0.39 is 0 Å². The van der Waals surface area contributed by atoms with Gasteiger partial charge in [-0.1, -0.05) is 6.92 Å². The predicted molar refractivity (Wildman–Crippen MR) is 92.3 cm³/mol. The molecule has 0 aliphatic heterocycles. The van der Waals surface area contributed by atoms with Crippen LogP contribution in [0, 0.1) is 27.7 Å². The molecule has 126 valence electrons. The Bertz CT molecular complexity index is 893. The summed E-state index contributed by atoms with van der Waals surface area (Å²) in [5.41, 5.74) is 2.73. The summed E-state index contributed by atoms with van der Waals surface area (Å²) in [5, 5.41) is 12.0. The van der Waals surface area contributed by atoms with Crippen LogP contribution in [0.25, 0.3) is 5.78 Å². The number of fused-ring (bicyclic) bond motifs is 1. The van der Waals surface area contributed by atoms with E-state index in [2.05, 4.69) is 25.5 Å². The summed E-state index contributed by atoms with van der Waals surface area (Å²) in [6.45, 7) is 9.84. The Hall–Kier alpha value is -2.35. The van der Waals surface area contributed by atoms with Crippen molar-refractivity contribution in [3.05, 3.63) is 38.9 Å². The molecule has 0 radical (unpaired) electrons. The molecule has 1 amide bonds. The average molecular weight is 344 g/mol. The predicted octanol–water partition coefficient (Wildman–Crippen LogP) is 2.70. The second kappa shape index (κ2) is 6.27. The fraction of sp³-hybridized carbons (Fsp3) is 0.438. The standard InChI is InChI=1S/C16H20N6OS/c1-6-12(15-18-10(4)11(5)24-15)19-14(23)13-20-21-16-17-8(2)7-9(3)22(13)16/h7,12H,6H2,1-5H3,(H,19,23). The summed E-state index contributed by atoms with van der Waals surface area (Å²) >= 11 is 1.61. The van der Waals surface area contributed by atoms with E-state index in [9.17, 15) is 4.79 Å². The van der Waals surface area contributed by atoms with E-state index in [1.165, 1.54) is 4.88 Å². The van der Waals surface area contributed by atoms with E-state index in [-0.39, 0.29) is 17.8 Å². The molecule has 1 N–H and O–H groups in total. The number of aromatic nitrogens is 5. The van der Waals surface area contributed by atoms with Gasteiger partial charge in [-0.15, -0.1) is 21.5 Å². The van der Waals surface area contributed by atoms with E-state index in [4.69, 9.17) is 0 Å². The molecule has 3 rings (SSSR count). The summed E-state index contributed by atoms with van der Waals surface area (Å²) in [6.07, 6.45) is 0.755. The van der Waals surface area contributed by atoms with Gasteiger partial charge < -0.3 is 5.32 Å². The summed E-state index contributed by atoms with van der Waals surface area (Å²) in [6, 6.07) is 1.76. The minimum absolute atomic E-state index is 0.138. The highest BCUT2D eigenvalue weighted by atomic mass is 32.1. The van der Waals surface area contributed by atoms with Crippen LogP contribution in [0.15, 0.2) is 6.07 Å². The van der Waals surface area contributed by atoms with Crippen LogP contribution in [0.1, 0.15) is 57.0 Å². The molecule has 24 heavy (non-hydrogen) atoms. The molecular formula is C16H20N6OS. The molecular weight excluding hydrogens is 324 g/mol. The first-order chi connectivity index (χ1) is 11.4. The number of hydrogen-bond acceptors (Lipinski definition) is 6. The second-order valence-corrected chi connectivity index (χ2v) is 7.06. The molecule has 0 fully saturated rings. The number of aryl methyl sites for hydroxylation is 4. The lowest BCUT2D eigenvalue weighted by Crippen LogP contribution is -2.30. The Morgan fingerprint density at radius 1 is 1.25 bits per heavy atom. The number of thiazole rings is 1. The molecule has 0 aliphatic rings. The van der Waals surface area contributed by atoms with Crippen molar-refractivity contribution in [3.63, 3.8) is 0 Å². The summed E-state index contributed by atoms with van der Waals surface area (Å²) < 4.78 is 1.67. The Labute approximate surface area is 144 Å². The maximum absolute atomic E-state index is 12.7. The number of amides is 1. The zero-order chi connectivity index (χ0) is 17.4. The third-order valence-electron chi connectivity index (χ3n) is 3.95. The molecule has 3 heterocycles. The van der Waals surface area contributed by atoms with Gasteiger partial charge in [0.1, 0.15) is 5.01 Å². The lowest BCUT2D eigenvalue weighted by molar-refractivity contribution is 0.0923. The quantitative estimate of drug-likeness (QED) is 0.786. The molecule has 0 saturated carbocycles. The van der Waals surface area contributed by atoms with Gasteiger partial charge in [-0.2, -0.15) is 0 Å². The smallest absolute Gasteiger partial charge is 0.290 e. The fourth-order valence-electron chi connectivity index (χ4n) is 2.59. The third-order valence-corrected chi connectivity index (χ3v) is 5.14. The van der Waals surface area contributed by atoms with E-state index in [1.54, 1.807) is 15.7 Å². The minimum Gasteiger partial charge on any atom is -0.340 e. The molecule has 3 aromatic heterocycles. The molecule has 7 nitrogen and oxygen atoms in total. The van der Waals surface area contributed by atoms with Crippen LogP contribution in [0.4, 0.5) is 0 Å². The maximum atomic E-state index is 12.7. The van der Waals surface area contributed by atoms with Gasteiger partial charge in [0, 0.05) is 16.3 Å². The van der Waals surface area contributed by atoms with Crippen molar-refractivity contribution in [2.75, 3.05) is 0 Å². The average Bonchev–Trinajstić information content (AvgIpc) is 3.09. The number of carbonyl (C=O) groups is 1. The normalized spacial score (nSPS) is 12.5. The molecule has 0 spiro atoms. The Balaban J connectivity index is 1.91. The third kappa shape index (κ3) is 2.89. The highest BCUT2D eigenvalue weighted by molar-refractivity contribution is 7.11. The van der Waals surface area contributed by atoms with E-state index >= 15 is 0 Å². The number of nitrogens with zero attached hydrogens (tertiary/aromatic N) is 5. The van der Waals surface area contributed by atoms with Gasteiger partial charge in [-0.05, 0) is 40.2 Å². The number of carbonyl (C=O) groups excluding carboxylic acids is 1. The zero-order valence-electron chi connectivity index (χ0n) is 14.4.